The van der Waals surface area contributed by atoms with E-state index in [2.05, 4.69) is 0 Å². The Morgan fingerprint density at radius 1 is 1.12 bits per heavy atom. The van der Waals surface area contributed by atoms with Crippen LogP contribution in [0.15, 0.2) is 24.3 Å². The summed E-state index contributed by atoms with van der Waals surface area (Å²) < 4.78 is 41.3. The summed E-state index contributed by atoms with van der Waals surface area (Å²) >= 11 is 0. The van der Waals surface area contributed by atoms with Crippen LogP contribution in [0.3, 0.4) is 0 Å². The summed E-state index contributed by atoms with van der Waals surface area (Å²) in [6.07, 6.45) is 0.453. The Morgan fingerprint density at radius 3 is 2.32 bits per heavy atom. The molecular weight excluding hydrogens is 446 g/mol. The Labute approximate surface area is 196 Å². The van der Waals surface area contributed by atoms with Crippen LogP contribution < -0.4 is 0 Å². The molecule has 0 atom stereocenters. The first-order valence-electron chi connectivity index (χ1n) is 11.2. The van der Waals surface area contributed by atoms with Gasteiger partial charge in [0.2, 0.25) is 5.91 Å². The van der Waals surface area contributed by atoms with E-state index in [-0.39, 0.29) is 48.9 Å². The molecule has 4 rings (SSSR count). The molecule has 1 aromatic heterocycles. The van der Waals surface area contributed by atoms with E-state index in [4.69, 9.17) is 9.47 Å². The van der Waals surface area contributed by atoms with Gasteiger partial charge in [0.15, 0.2) is 5.78 Å². The molecule has 182 valence electrons. The number of fused-ring (bicyclic) bond motifs is 1. The minimum atomic E-state index is -0.841. The fraction of sp³-hybridized carbons (Fsp3) is 0.480. The van der Waals surface area contributed by atoms with Crippen molar-refractivity contribution in [2.75, 3.05) is 13.7 Å². The van der Waals surface area contributed by atoms with Crippen LogP contribution in [0.25, 0.3) is 11.3 Å². The maximum Gasteiger partial charge on any atom is 0.419 e. The summed E-state index contributed by atoms with van der Waals surface area (Å²) in [6.45, 7) is 5.47. The van der Waals surface area contributed by atoms with Crippen molar-refractivity contribution >= 4 is 17.8 Å². The van der Waals surface area contributed by atoms with Crippen molar-refractivity contribution in [3.63, 3.8) is 0 Å². The van der Waals surface area contributed by atoms with Gasteiger partial charge in [-0.25, -0.2) is 18.1 Å². The fourth-order valence-corrected chi connectivity index (χ4v) is 4.31. The summed E-state index contributed by atoms with van der Waals surface area (Å²) in [7, 11) is 1.46. The first kappa shape index (κ1) is 24.1. The highest BCUT2D eigenvalue weighted by atomic mass is 19.1. The van der Waals surface area contributed by atoms with Gasteiger partial charge < -0.3 is 14.4 Å². The van der Waals surface area contributed by atoms with E-state index >= 15 is 0 Å². The molecule has 0 spiro atoms. The van der Waals surface area contributed by atoms with Gasteiger partial charge >= 0.3 is 6.09 Å². The molecule has 2 aromatic rings. The largest absolute Gasteiger partial charge is 0.443 e. The molecule has 1 fully saturated rings. The van der Waals surface area contributed by atoms with E-state index in [0.29, 0.717) is 24.1 Å². The number of nitrogens with zero attached hydrogens (tertiary/aromatic N) is 2. The van der Waals surface area contributed by atoms with Crippen LogP contribution in [0.4, 0.5) is 13.6 Å². The number of benzene rings is 1. The van der Waals surface area contributed by atoms with E-state index in [9.17, 15) is 23.2 Å². The number of carbonyl (C=O) groups excluding carboxylic acids is 3. The van der Waals surface area contributed by atoms with Crippen molar-refractivity contribution in [1.29, 1.82) is 0 Å². The predicted octanol–water partition coefficient (Wildman–Crippen LogP) is 4.24. The number of Topliss-reactive ketones (excluding diaryl/α,β-unsaturated/α-hetero) is 1. The first-order chi connectivity index (χ1) is 16.0. The number of hydrogen-bond acceptors (Lipinski definition) is 5. The van der Waals surface area contributed by atoms with Crippen LogP contribution in [-0.2, 0) is 32.0 Å². The molecule has 1 aliphatic carbocycles. The second kappa shape index (κ2) is 8.61. The zero-order valence-corrected chi connectivity index (χ0v) is 19.7. The van der Waals surface area contributed by atoms with E-state index in [1.807, 2.05) is 0 Å². The fourth-order valence-electron chi connectivity index (χ4n) is 4.31. The third kappa shape index (κ3) is 4.49. The van der Waals surface area contributed by atoms with Gasteiger partial charge in [-0.15, -0.1) is 0 Å². The number of halogens is 2. The number of amides is 1. The molecule has 7 nitrogen and oxygen atoms in total. The minimum absolute atomic E-state index is 0.0246. The smallest absolute Gasteiger partial charge is 0.419 e. The second-order valence-electron chi connectivity index (χ2n) is 9.78. The molecular formula is C25H28F2N2O5. The van der Waals surface area contributed by atoms with Gasteiger partial charge in [-0.1, -0.05) is 6.07 Å². The Hall–Kier alpha value is -3.07. The lowest BCUT2D eigenvalue weighted by molar-refractivity contribution is -0.141. The van der Waals surface area contributed by atoms with E-state index in [1.165, 1.54) is 28.7 Å². The lowest BCUT2D eigenvalue weighted by Gasteiger charge is -2.29. The highest BCUT2D eigenvalue weighted by Gasteiger charge is 2.50. The average Bonchev–Trinajstić information content (AvgIpc) is 3.46. The van der Waals surface area contributed by atoms with Crippen molar-refractivity contribution in [1.82, 2.24) is 9.47 Å². The Balaban J connectivity index is 1.67. The molecule has 2 heterocycles. The van der Waals surface area contributed by atoms with Crippen molar-refractivity contribution in [2.24, 2.45) is 0 Å². The molecule has 1 aliphatic heterocycles. The first-order valence-corrected chi connectivity index (χ1v) is 11.2. The van der Waals surface area contributed by atoms with Gasteiger partial charge in [0, 0.05) is 32.3 Å². The van der Waals surface area contributed by atoms with Crippen molar-refractivity contribution < 1.29 is 32.6 Å². The van der Waals surface area contributed by atoms with Gasteiger partial charge in [0.05, 0.1) is 17.7 Å². The molecule has 34 heavy (non-hydrogen) atoms. The topological polar surface area (TPSA) is 77.8 Å². The summed E-state index contributed by atoms with van der Waals surface area (Å²) in [5.41, 5.74) is -0.882. The summed E-state index contributed by atoms with van der Waals surface area (Å²) in [5.74, 6) is -2.21. The number of carbonyl (C=O) groups is 3. The summed E-state index contributed by atoms with van der Waals surface area (Å²) in [6, 6.07) is 5.00. The zero-order chi connectivity index (χ0) is 24.8. The van der Waals surface area contributed by atoms with E-state index in [1.54, 1.807) is 20.8 Å². The molecule has 9 heteroatoms. The highest BCUT2D eigenvalue weighted by molar-refractivity contribution is 6.03. The number of ketones is 1. The zero-order valence-electron chi connectivity index (χ0n) is 19.7. The monoisotopic (exact) mass is 474 g/mol. The normalized spacial score (nSPS) is 16.7. The SMILES string of the molecule is COC1(C(=O)CC(=O)N2CCc3c(cc(-c4c(F)cccc4F)n3C(=O)OC(C)(C)C)C2)CC1. The molecule has 0 N–H and O–H groups in total. The molecule has 1 aromatic carbocycles. The molecule has 0 bridgehead atoms. The van der Waals surface area contributed by atoms with E-state index < -0.39 is 28.9 Å². The van der Waals surface area contributed by atoms with Crippen LogP contribution in [0, 0.1) is 11.6 Å². The summed E-state index contributed by atoms with van der Waals surface area (Å²) in [4.78, 5) is 39.9. The van der Waals surface area contributed by atoms with Crippen LogP contribution in [-0.4, -0.2) is 52.1 Å². The lowest BCUT2D eigenvalue weighted by atomic mass is 10.0. The van der Waals surface area contributed by atoms with Crippen molar-refractivity contribution in [3.8, 4) is 11.3 Å². The number of rotatable bonds is 5. The Kier molecular flexibility index (Phi) is 6.10. The van der Waals surface area contributed by atoms with Gasteiger partial charge in [-0.2, -0.15) is 0 Å². The van der Waals surface area contributed by atoms with Gasteiger partial charge in [-0.3, -0.25) is 9.59 Å². The summed E-state index contributed by atoms with van der Waals surface area (Å²) in [5, 5.41) is 0. The molecule has 0 saturated heterocycles. The molecule has 1 amide bonds. The average molecular weight is 475 g/mol. The Morgan fingerprint density at radius 2 is 1.76 bits per heavy atom. The molecule has 2 aliphatic rings. The maximum atomic E-state index is 14.7. The molecule has 0 unspecified atom stereocenters. The van der Waals surface area contributed by atoms with Crippen LogP contribution in [0.5, 0.6) is 0 Å². The van der Waals surface area contributed by atoms with Crippen molar-refractivity contribution in [2.45, 2.75) is 64.2 Å². The van der Waals surface area contributed by atoms with Crippen LogP contribution in [0.1, 0.15) is 51.3 Å². The Bertz CT molecular complexity index is 1140. The number of hydrogen-bond donors (Lipinski definition) is 0. The van der Waals surface area contributed by atoms with Gasteiger partial charge in [-0.05, 0) is 57.4 Å². The molecule has 1 saturated carbocycles. The quantitative estimate of drug-likeness (QED) is 0.606. The van der Waals surface area contributed by atoms with Gasteiger partial charge in [0.25, 0.3) is 0 Å². The standard InChI is InChI=1S/C25H28F2N2O5/c1-24(2,3)34-23(32)29-18-8-11-28(21(31)13-20(30)25(33-4)9-10-25)14-15(18)12-19(29)22-16(26)6-5-7-17(22)27/h5-7,12H,8-11,13-14H2,1-4H3. The van der Waals surface area contributed by atoms with Crippen molar-refractivity contribution in [3.05, 3.63) is 47.2 Å². The van der Waals surface area contributed by atoms with E-state index in [0.717, 1.165) is 12.1 Å². The highest BCUT2D eigenvalue weighted by Crippen LogP contribution is 2.41. The maximum absolute atomic E-state index is 14.7. The number of aromatic nitrogens is 1. The second-order valence-corrected chi connectivity index (χ2v) is 9.78. The molecule has 0 radical (unpaired) electrons. The van der Waals surface area contributed by atoms with Crippen LogP contribution in [0.2, 0.25) is 0 Å². The van der Waals surface area contributed by atoms with Gasteiger partial charge in [0.1, 0.15) is 22.8 Å². The van der Waals surface area contributed by atoms with Crippen LogP contribution >= 0.6 is 0 Å². The predicted molar refractivity (Wildman–Crippen MR) is 119 cm³/mol. The lowest BCUT2D eigenvalue weighted by Crippen LogP contribution is -2.39. The minimum Gasteiger partial charge on any atom is -0.443 e. The third-order valence-corrected chi connectivity index (χ3v) is 6.23. The number of methoxy groups -OCH3 is 1. The third-order valence-electron chi connectivity index (χ3n) is 6.23. The number of ether oxygens (including phenoxy) is 2.